The maximum Gasteiger partial charge on any atom is 0.124 e. The molecule has 0 aliphatic carbocycles. The second kappa shape index (κ2) is 8.95. The highest BCUT2D eigenvalue weighted by atomic mass is 16.5. The molecule has 2 atom stereocenters. The summed E-state index contributed by atoms with van der Waals surface area (Å²) in [5.74, 6) is 6.65. The van der Waals surface area contributed by atoms with Crippen molar-refractivity contribution in [2.24, 2.45) is 5.84 Å². The molecule has 0 fully saturated rings. The molecular weight excluding hydrogens is 252 g/mol. The topological polar surface area (TPSA) is 56.5 Å². The number of benzene rings is 1. The summed E-state index contributed by atoms with van der Waals surface area (Å²) in [7, 11) is 0. The van der Waals surface area contributed by atoms with Gasteiger partial charge in [0, 0.05) is 12.2 Å². The average Bonchev–Trinajstić information content (AvgIpc) is 2.41. The Morgan fingerprint density at radius 2 is 1.90 bits per heavy atom. The molecule has 1 rings (SSSR count). The van der Waals surface area contributed by atoms with Gasteiger partial charge in [0.2, 0.25) is 0 Å². The van der Waals surface area contributed by atoms with Gasteiger partial charge < -0.3 is 9.47 Å². The van der Waals surface area contributed by atoms with Crippen molar-refractivity contribution >= 4 is 0 Å². The van der Waals surface area contributed by atoms with Crippen LogP contribution in [0.2, 0.25) is 0 Å². The molecule has 4 heteroatoms. The second-order valence-corrected chi connectivity index (χ2v) is 5.13. The Labute approximate surface area is 122 Å². The molecule has 114 valence electrons. The Bertz CT molecular complexity index is 376. The van der Waals surface area contributed by atoms with Crippen molar-refractivity contribution in [1.82, 2.24) is 5.43 Å². The lowest BCUT2D eigenvalue weighted by Crippen LogP contribution is -2.38. The molecule has 4 nitrogen and oxygen atoms in total. The monoisotopic (exact) mass is 280 g/mol. The van der Waals surface area contributed by atoms with Crippen molar-refractivity contribution in [2.45, 2.75) is 58.8 Å². The molecule has 0 aliphatic heterocycles. The Balaban J connectivity index is 3.03. The molecule has 0 aromatic heterocycles. The fourth-order valence-electron chi connectivity index (χ4n) is 2.34. The van der Waals surface area contributed by atoms with Crippen LogP contribution in [0.15, 0.2) is 24.3 Å². The Morgan fingerprint density at radius 3 is 2.45 bits per heavy atom. The lowest BCUT2D eigenvalue weighted by molar-refractivity contribution is 0.0266. The van der Waals surface area contributed by atoms with E-state index in [2.05, 4.69) is 12.3 Å². The van der Waals surface area contributed by atoms with Crippen molar-refractivity contribution in [3.05, 3.63) is 29.8 Å². The first-order valence-electron chi connectivity index (χ1n) is 7.47. The predicted molar refractivity (Wildman–Crippen MR) is 82.6 cm³/mol. The molecule has 0 aliphatic rings. The van der Waals surface area contributed by atoms with Crippen LogP contribution in [-0.4, -0.2) is 18.8 Å². The maximum atomic E-state index is 5.88. The molecule has 0 amide bonds. The molecule has 0 radical (unpaired) electrons. The summed E-state index contributed by atoms with van der Waals surface area (Å²) < 4.78 is 11.7. The zero-order valence-electron chi connectivity index (χ0n) is 13.1. The van der Waals surface area contributed by atoms with E-state index in [1.165, 1.54) is 0 Å². The first-order chi connectivity index (χ1) is 9.63. The largest absolute Gasteiger partial charge is 0.491 e. The van der Waals surface area contributed by atoms with Crippen LogP contribution < -0.4 is 16.0 Å². The summed E-state index contributed by atoms with van der Waals surface area (Å²) in [4.78, 5) is 0. The molecule has 20 heavy (non-hydrogen) atoms. The minimum Gasteiger partial charge on any atom is -0.491 e. The lowest BCUT2D eigenvalue weighted by atomic mass is 9.97. The van der Waals surface area contributed by atoms with Gasteiger partial charge in [-0.25, -0.2) is 0 Å². The highest BCUT2D eigenvalue weighted by molar-refractivity contribution is 5.36. The molecule has 0 saturated carbocycles. The van der Waals surface area contributed by atoms with Crippen molar-refractivity contribution < 1.29 is 9.47 Å². The maximum absolute atomic E-state index is 5.88. The summed E-state index contributed by atoms with van der Waals surface area (Å²) in [5, 5.41) is 0. The summed E-state index contributed by atoms with van der Waals surface area (Å²) in [6.45, 7) is 8.88. The van der Waals surface area contributed by atoms with E-state index in [4.69, 9.17) is 15.3 Å². The zero-order valence-corrected chi connectivity index (χ0v) is 13.1. The van der Waals surface area contributed by atoms with Gasteiger partial charge in [-0.05, 0) is 33.3 Å². The van der Waals surface area contributed by atoms with Crippen molar-refractivity contribution in [3.63, 3.8) is 0 Å². The van der Waals surface area contributed by atoms with Crippen LogP contribution in [0.1, 0.15) is 52.1 Å². The van der Waals surface area contributed by atoms with Crippen molar-refractivity contribution in [2.75, 3.05) is 6.61 Å². The van der Waals surface area contributed by atoms with Gasteiger partial charge in [-0.15, -0.1) is 0 Å². The van der Waals surface area contributed by atoms with E-state index in [0.717, 1.165) is 24.2 Å². The van der Waals surface area contributed by atoms with Gasteiger partial charge in [-0.1, -0.05) is 31.5 Å². The molecular formula is C16H28N2O2. The molecule has 0 bridgehead atoms. The third kappa shape index (κ3) is 4.78. The van der Waals surface area contributed by atoms with Gasteiger partial charge >= 0.3 is 0 Å². The van der Waals surface area contributed by atoms with Crippen molar-refractivity contribution in [3.8, 4) is 5.75 Å². The van der Waals surface area contributed by atoms with E-state index in [9.17, 15) is 0 Å². The fourth-order valence-corrected chi connectivity index (χ4v) is 2.34. The minimum atomic E-state index is -0.0650. The standard InChI is InChI=1S/C16H28N2O2/c1-5-9-15(19-6-2)16(18-17)13-10-7-8-11-14(13)20-12(3)4/h7-8,10-12,15-16,18H,5-6,9,17H2,1-4H3. The predicted octanol–water partition coefficient (Wildman–Crippen LogP) is 3.18. The molecule has 1 aromatic carbocycles. The van der Waals surface area contributed by atoms with Crippen LogP contribution in [0.3, 0.4) is 0 Å². The molecule has 0 heterocycles. The number of nitrogens with one attached hydrogen (secondary N) is 1. The van der Waals surface area contributed by atoms with E-state index in [0.29, 0.717) is 6.61 Å². The quantitative estimate of drug-likeness (QED) is 0.539. The third-order valence-electron chi connectivity index (χ3n) is 3.12. The van der Waals surface area contributed by atoms with E-state index < -0.39 is 0 Å². The van der Waals surface area contributed by atoms with Gasteiger partial charge in [0.15, 0.2) is 0 Å². The fraction of sp³-hybridized carbons (Fsp3) is 0.625. The summed E-state index contributed by atoms with van der Waals surface area (Å²) in [5.41, 5.74) is 3.95. The zero-order chi connectivity index (χ0) is 15.0. The normalized spacial score (nSPS) is 14.3. The SMILES string of the molecule is CCCC(OCC)C(NN)c1ccccc1OC(C)C. The highest BCUT2D eigenvalue weighted by Crippen LogP contribution is 2.30. The van der Waals surface area contributed by atoms with Crippen molar-refractivity contribution in [1.29, 1.82) is 0 Å². The van der Waals surface area contributed by atoms with Crippen LogP contribution in [0.25, 0.3) is 0 Å². The second-order valence-electron chi connectivity index (χ2n) is 5.13. The van der Waals surface area contributed by atoms with Gasteiger partial charge in [0.25, 0.3) is 0 Å². The van der Waals surface area contributed by atoms with Crippen LogP contribution in [-0.2, 0) is 4.74 Å². The van der Waals surface area contributed by atoms with Gasteiger partial charge in [0.05, 0.1) is 18.2 Å². The molecule has 0 saturated heterocycles. The first kappa shape index (κ1) is 17.0. The summed E-state index contributed by atoms with van der Waals surface area (Å²) in [6, 6.07) is 7.94. The minimum absolute atomic E-state index is 0.0481. The number of hydrogen-bond acceptors (Lipinski definition) is 4. The number of rotatable bonds is 9. The average molecular weight is 280 g/mol. The van der Waals surface area contributed by atoms with E-state index in [1.54, 1.807) is 0 Å². The smallest absolute Gasteiger partial charge is 0.124 e. The van der Waals surface area contributed by atoms with Gasteiger partial charge in [0.1, 0.15) is 5.75 Å². The number of ether oxygens (including phenoxy) is 2. The van der Waals surface area contributed by atoms with Crippen LogP contribution in [0.5, 0.6) is 5.75 Å². The number of hydrogen-bond donors (Lipinski definition) is 2. The van der Waals surface area contributed by atoms with E-state index in [-0.39, 0.29) is 18.2 Å². The van der Waals surface area contributed by atoms with E-state index >= 15 is 0 Å². The van der Waals surface area contributed by atoms with Gasteiger partial charge in [-0.2, -0.15) is 0 Å². The third-order valence-corrected chi connectivity index (χ3v) is 3.12. The van der Waals surface area contributed by atoms with Crippen LogP contribution in [0.4, 0.5) is 0 Å². The number of para-hydroxylation sites is 1. The molecule has 1 aromatic rings. The lowest BCUT2D eigenvalue weighted by Gasteiger charge is -2.28. The Morgan fingerprint density at radius 1 is 1.20 bits per heavy atom. The molecule has 3 N–H and O–H groups in total. The molecule has 2 unspecified atom stereocenters. The van der Waals surface area contributed by atoms with Gasteiger partial charge in [-0.3, -0.25) is 11.3 Å². The van der Waals surface area contributed by atoms with E-state index in [1.807, 2.05) is 45.0 Å². The van der Waals surface area contributed by atoms with Crippen LogP contribution >= 0.6 is 0 Å². The Hall–Kier alpha value is -1.10. The number of hydrazine groups is 1. The molecule has 0 spiro atoms. The number of nitrogens with two attached hydrogens (primary N) is 1. The van der Waals surface area contributed by atoms with Crippen LogP contribution in [0, 0.1) is 0 Å². The highest BCUT2D eigenvalue weighted by Gasteiger charge is 2.25. The summed E-state index contributed by atoms with van der Waals surface area (Å²) >= 11 is 0. The summed E-state index contributed by atoms with van der Waals surface area (Å²) in [6.07, 6.45) is 2.19. The first-order valence-corrected chi connectivity index (χ1v) is 7.47. The Kier molecular flexibility index (Phi) is 7.59.